The number of fused-ring (bicyclic) bond motifs is 1. The van der Waals surface area contributed by atoms with Gasteiger partial charge in [0.2, 0.25) is 0 Å². The molecule has 0 fully saturated rings. The van der Waals surface area contributed by atoms with Crippen LogP contribution in [0.4, 0.5) is 0 Å². The summed E-state index contributed by atoms with van der Waals surface area (Å²) in [5, 5.41) is 6.20. The molecule has 22 heavy (non-hydrogen) atoms. The SMILES string of the molecule is Cc1cc(-c2ccnc(Cl)c2)nn1-c1ccc2occc2c1. The Balaban J connectivity index is 1.82. The number of nitrogens with zero attached hydrogens (tertiary/aromatic N) is 3. The second-order valence-corrected chi connectivity index (χ2v) is 5.48. The molecular weight excluding hydrogens is 298 g/mol. The predicted octanol–water partition coefficient (Wildman–Crippen LogP) is 4.64. The fourth-order valence-corrected chi connectivity index (χ4v) is 2.70. The third-order valence-corrected chi connectivity index (χ3v) is 3.80. The van der Waals surface area contributed by atoms with Gasteiger partial charge in [-0.15, -0.1) is 0 Å². The Morgan fingerprint density at radius 3 is 2.86 bits per heavy atom. The molecule has 1 aromatic carbocycles. The lowest BCUT2D eigenvalue weighted by Crippen LogP contribution is -1.98. The van der Waals surface area contributed by atoms with Gasteiger partial charge in [0.05, 0.1) is 17.6 Å². The van der Waals surface area contributed by atoms with E-state index in [0.29, 0.717) is 5.15 Å². The van der Waals surface area contributed by atoms with Crippen molar-refractivity contribution >= 4 is 22.6 Å². The molecular formula is C17H12ClN3O. The molecule has 4 aromatic rings. The minimum atomic E-state index is 0.463. The lowest BCUT2D eigenvalue weighted by atomic mass is 10.2. The lowest BCUT2D eigenvalue weighted by molar-refractivity contribution is 0.616. The highest BCUT2D eigenvalue weighted by Gasteiger charge is 2.10. The highest BCUT2D eigenvalue weighted by Crippen LogP contribution is 2.24. The Morgan fingerprint density at radius 2 is 2.00 bits per heavy atom. The van der Waals surface area contributed by atoms with Crippen molar-refractivity contribution in [2.75, 3.05) is 0 Å². The molecule has 0 unspecified atom stereocenters. The average molecular weight is 310 g/mol. The number of aromatic nitrogens is 3. The number of rotatable bonds is 2. The molecule has 0 radical (unpaired) electrons. The number of halogens is 1. The summed E-state index contributed by atoms with van der Waals surface area (Å²) in [6.45, 7) is 2.03. The van der Waals surface area contributed by atoms with E-state index < -0.39 is 0 Å². The van der Waals surface area contributed by atoms with E-state index in [9.17, 15) is 0 Å². The van der Waals surface area contributed by atoms with Gasteiger partial charge in [-0.3, -0.25) is 0 Å². The van der Waals surface area contributed by atoms with Gasteiger partial charge in [0, 0.05) is 22.8 Å². The summed E-state index contributed by atoms with van der Waals surface area (Å²) in [6.07, 6.45) is 3.37. The third-order valence-electron chi connectivity index (χ3n) is 3.59. The fourth-order valence-electron chi connectivity index (χ4n) is 2.52. The zero-order valence-electron chi connectivity index (χ0n) is 11.8. The van der Waals surface area contributed by atoms with Gasteiger partial charge in [0.1, 0.15) is 10.7 Å². The van der Waals surface area contributed by atoms with E-state index in [4.69, 9.17) is 16.0 Å². The Labute approximate surface area is 132 Å². The number of hydrogen-bond acceptors (Lipinski definition) is 3. The first-order valence-electron chi connectivity index (χ1n) is 6.87. The highest BCUT2D eigenvalue weighted by atomic mass is 35.5. The summed E-state index contributed by atoms with van der Waals surface area (Å²) < 4.78 is 7.29. The monoisotopic (exact) mass is 309 g/mol. The molecule has 0 aliphatic carbocycles. The van der Waals surface area contributed by atoms with Crippen LogP contribution in [0.25, 0.3) is 27.9 Å². The van der Waals surface area contributed by atoms with Crippen LogP contribution in [0.3, 0.4) is 0 Å². The molecule has 0 spiro atoms. The number of furan rings is 1. The molecule has 108 valence electrons. The second-order valence-electron chi connectivity index (χ2n) is 5.09. The molecule has 0 bridgehead atoms. The largest absolute Gasteiger partial charge is 0.464 e. The van der Waals surface area contributed by atoms with Crippen molar-refractivity contribution in [2.45, 2.75) is 6.92 Å². The maximum absolute atomic E-state index is 5.96. The van der Waals surface area contributed by atoms with Crippen LogP contribution in [-0.2, 0) is 0 Å². The van der Waals surface area contributed by atoms with Crippen LogP contribution in [0.5, 0.6) is 0 Å². The van der Waals surface area contributed by atoms with Crippen molar-refractivity contribution < 1.29 is 4.42 Å². The summed E-state index contributed by atoms with van der Waals surface area (Å²) in [5.74, 6) is 0. The molecule has 4 nitrogen and oxygen atoms in total. The zero-order valence-corrected chi connectivity index (χ0v) is 12.6. The van der Waals surface area contributed by atoms with Gasteiger partial charge in [0.25, 0.3) is 0 Å². The highest BCUT2D eigenvalue weighted by molar-refractivity contribution is 6.29. The van der Waals surface area contributed by atoms with Gasteiger partial charge < -0.3 is 4.42 Å². The molecule has 0 N–H and O–H groups in total. The minimum Gasteiger partial charge on any atom is -0.464 e. The topological polar surface area (TPSA) is 43.9 Å². The molecule has 0 saturated heterocycles. The van der Waals surface area contributed by atoms with Gasteiger partial charge in [-0.25, -0.2) is 9.67 Å². The molecule has 0 amide bonds. The quantitative estimate of drug-likeness (QED) is 0.507. The Bertz CT molecular complexity index is 971. The van der Waals surface area contributed by atoms with E-state index in [1.54, 1.807) is 12.5 Å². The van der Waals surface area contributed by atoms with Crippen molar-refractivity contribution in [1.29, 1.82) is 0 Å². The molecule has 0 atom stereocenters. The summed E-state index contributed by atoms with van der Waals surface area (Å²) in [7, 11) is 0. The molecule has 5 heteroatoms. The first-order valence-corrected chi connectivity index (χ1v) is 7.25. The maximum Gasteiger partial charge on any atom is 0.134 e. The molecule has 3 aromatic heterocycles. The molecule has 0 aliphatic rings. The Kier molecular flexibility index (Phi) is 2.98. The van der Waals surface area contributed by atoms with Crippen molar-refractivity contribution in [2.24, 2.45) is 0 Å². The smallest absolute Gasteiger partial charge is 0.134 e. The van der Waals surface area contributed by atoms with Gasteiger partial charge in [-0.05, 0) is 49.4 Å². The van der Waals surface area contributed by atoms with Crippen LogP contribution >= 0.6 is 11.6 Å². The molecule has 0 aliphatic heterocycles. The summed E-state index contributed by atoms with van der Waals surface area (Å²) in [4.78, 5) is 4.00. The lowest BCUT2D eigenvalue weighted by Gasteiger charge is -2.04. The average Bonchev–Trinajstić information content (AvgIpc) is 3.12. The molecule has 3 heterocycles. The van der Waals surface area contributed by atoms with Crippen molar-refractivity contribution in [1.82, 2.24) is 14.8 Å². The zero-order chi connectivity index (χ0) is 15.1. The number of hydrogen-bond donors (Lipinski definition) is 0. The van der Waals surface area contributed by atoms with E-state index in [1.807, 2.05) is 48.0 Å². The van der Waals surface area contributed by atoms with Crippen molar-refractivity contribution in [3.8, 4) is 16.9 Å². The first-order chi connectivity index (χ1) is 10.7. The van der Waals surface area contributed by atoms with E-state index in [2.05, 4.69) is 16.1 Å². The molecule has 0 saturated carbocycles. The Hall–Kier alpha value is -2.59. The van der Waals surface area contributed by atoms with E-state index in [0.717, 1.165) is 33.6 Å². The summed E-state index contributed by atoms with van der Waals surface area (Å²) >= 11 is 5.96. The van der Waals surface area contributed by atoms with E-state index in [-0.39, 0.29) is 0 Å². The van der Waals surface area contributed by atoms with E-state index in [1.165, 1.54) is 0 Å². The van der Waals surface area contributed by atoms with Gasteiger partial charge in [0.15, 0.2) is 0 Å². The summed E-state index contributed by atoms with van der Waals surface area (Å²) in [6, 6.07) is 13.7. The first kappa shape index (κ1) is 13.1. The third kappa shape index (κ3) is 2.18. The number of aryl methyl sites for hydroxylation is 1. The van der Waals surface area contributed by atoms with E-state index >= 15 is 0 Å². The van der Waals surface area contributed by atoms with Gasteiger partial charge in [-0.2, -0.15) is 5.10 Å². The normalized spacial score (nSPS) is 11.2. The number of pyridine rings is 1. The van der Waals surface area contributed by atoms with Crippen LogP contribution < -0.4 is 0 Å². The van der Waals surface area contributed by atoms with Crippen LogP contribution in [0.2, 0.25) is 5.15 Å². The van der Waals surface area contributed by atoms with Crippen LogP contribution in [-0.4, -0.2) is 14.8 Å². The van der Waals surface area contributed by atoms with Gasteiger partial charge >= 0.3 is 0 Å². The Morgan fingerprint density at radius 1 is 1.09 bits per heavy atom. The van der Waals surface area contributed by atoms with Crippen LogP contribution in [0.15, 0.2) is 59.3 Å². The number of benzene rings is 1. The van der Waals surface area contributed by atoms with Crippen molar-refractivity contribution in [3.63, 3.8) is 0 Å². The maximum atomic E-state index is 5.96. The standard InChI is InChI=1S/C17H12ClN3O/c1-11-8-15(12-4-6-19-17(18)10-12)20-21(11)14-2-3-16-13(9-14)5-7-22-16/h2-10H,1H3. The predicted molar refractivity (Wildman–Crippen MR) is 86.3 cm³/mol. The van der Waals surface area contributed by atoms with Crippen LogP contribution in [0.1, 0.15) is 5.69 Å². The van der Waals surface area contributed by atoms with Crippen molar-refractivity contribution in [3.05, 3.63) is 65.8 Å². The fraction of sp³-hybridized carbons (Fsp3) is 0.0588. The van der Waals surface area contributed by atoms with Crippen LogP contribution in [0, 0.1) is 6.92 Å². The summed E-state index contributed by atoms with van der Waals surface area (Å²) in [5.41, 5.74) is 4.73. The minimum absolute atomic E-state index is 0.463. The van der Waals surface area contributed by atoms with Gasteiger partial charge in [-0.1, -0.05) is 11.6 Å². The molecule has 4 rings (SSSR count). The second kappa shape index (κ2) is 5.00.